The number of hydrogen-bond acceptors (Lipinski definition) is 10. The second-order valence-corrected chi connectivity index (χ2v) is 6.73. The second-order valence-electron chi connectivity index (χ2n) is 5.78. The molecule has 2 aliphatic rings. The number of aliphatic carboxylic acids is 1. The average molecular weight is 421 g/mol. The SMILES string of the molecule is CCn1cnnc1SCC(=O)N[C@H]1CON(C2(C(=O)[O-])CCC(=O)O2)C1=O.[Na+]. The first kappa shape index (κ1) is 22.6. The molecule has 0 radical (unpaired) electrons. The van der Waals surface area contributed by atoms with Crippen molar-refractivity contribution in [3.05, 3.63) is 6.33 Å². The zero-order valence-corrected chi connectivity index (χ0v) is 18.1. The molecule has 0 bridgehead atoms. The Morgan fingerprint density at radius 2 is 2.21 bits per heavy atom. The van der Waals surface area contributed by atoms with Crippen LogP contribution in [0.3, 0.4) is 0 Å². The molecule has 0 spiro atoms. The Balaban J connectivity index is 0.00000280. The molecule has 0 saturated carbocycles. The maximum atomic E-state index is 12.4. The minimum atomic E-state index is -2.31. The van der Waals surface area contributed by atoms with E-state index >= 15 is 0 Å². The van der Waals surface area contributed by atoms with Gasteiger partial charge in [0.15, 0.2) is 5.16 Å². The number of amides is 2. The van der Waals surface area contributed by atoms with Gasteiger partial charge in [0.25, 0.3) is 11.6 Å². The van der Waals surface area contributed by atoms with Crippen LogP contribution in [0.1, 0.15) is 19.8 Å². The van der Waals surface area contributed by atoms with Crippen molar-refractivity contribution in [3.63, 3.8) is 0 Å². The van der Waals surface area contributed by atoms with Gasteiger partial charge in [0.05, 0.1) is 12.2 Å². The Morgan fingerprint density at radius 1 is 1.46 bits per heavy atom. The van der Waals surface area contributed by atoms with Crippen molar-refractivity contribution in [2.75, 3.05) is 12.4 Å². The number of aryl methyl sites for hydroxylation is 1. The van der Waals surface area contributed by atoms with E-state index in [4.69, 9.17) is 9.57 Å². The van der Waals surface area contributed by atoms with E-state index in [2.05, 4.69) is 15.5 Å². The fourth-order valence-electron chi connectivity index (χ4n) is 2.68. The van der Waals surface area contributed by atoms with Gasteiger partial charge in [-0.15, -0.1) is 10.2 Å². The number of hydroxylamine groups is 2. The third-order valence-electron chi connectivity index (χ3n) is 4.05. The van der Waals surface area contributed by atoms with E-state index in [0.29, 0.717) is 16.8 Å². The molecule has 2 fully saturated rings. The first-order valence-electron chi connectivity index (χ1n) is 8.07. The van der Waals surface area contributed by atoms with E-state index < -0.39 is 35.5 Å². The molecule has 146 valence electrons. The molecule has 28 heavy (non-hydrogen) atoms. The first-order chi connectivity index (χ1) is 12.9. The van der Waals surface area contributed by atoms with E-state index in [9.17, 15) is 24.3 Å². The molecule has 2 atom stereocenters. The summed E-state index contributed by atoms with van der Waals surface area (Å²) in [6.45, 7) is 2.26. The molecule has 2 saturated heterocycles. The van der Waals surface area contributed by atoms with Gasteiger partial charge < -0.3 is 24.5 Å². The van der Waals surface area contributed by atoms with E-state index in [0.717, 1.165) is 11.8 Å². The maximum absolute atomic E-state index is 12.4. The van der Waals surface area contributed by atoms with Crippen molar-refractivity contribution in [1.29, 1.82) is 0 Å². The number of cyclic esters (lactones) is 1. The maximum Gasteiger partial charge on any atom is 1.00 e. The minimum absolute atomic E-state index is 0. The van der Waals surface area contributed by atoms with Crippen molar-refractivity contribution in [1.82, 2.24) is 25.1 Å². The molecule has 14 heteroatoms. The standard InChI is InChI=1S/C14H17N5O7S.Na/c1-2-18-7-15-17-13(18)27-6-9(20)16-8-5-25-19(11(8)22)14(12(23)24)4-3-10(21)26-14;/h7-8H,2-6H2,1H3,(H,16,20)(H,23,24);/q;+1/p-1/t8-,14?;/m0./s1. The van der Waals surface area contributed by atoms with Crippen molar-refractivity contribution in [2.45, 2.75) is 43.2 Å². The molecule has 1 N–H and O–H groups in total. The number of carbonyl (C=O) groups excluding carboxylic acids is 4. The van der Waals surface area contributed by atoms with Crippen LogP contribution in [-0.4, -0.2) is 67.7 Å². The Hall–Kier alpha value is -1.67. The van der Waals surface area contributed by atoms with Crippen molar-refractivity contribution >= 4 is 35.5 Å². The van der Waals surface area contributed by atoms with Gasteiger partial charge in [-0.1, -0.05) is 11.8 Å². The Morgan fingerprint density at radius 3 is 2.82 bits per heavy atom. The van der Waals surface area contributed by atoms with Gasteiger partial charge in [-0.05, 0) is 6.92 Å². The Labute approximate surface area is 185 Å². The van der Waals surface area contributed by atoms with Crippen LogP contribution < -0.4 is 40.0 Å². The number of nitrogens with zero attached hydrogens (tertiary/aromatic N) is 4. The molecule has 3 heterocycles. The number of hydrogen-bond donors (Lipinski definition) is 1. The van der Waals surface area contributed by atoms with Crippen molar-refractivity contribution < 1.29 is 63.4 Å². The van der Waals surface area contributed by atoms with Crippen molar-refractivity contribution in [2.24, 2.45) is 0 Å². The number of aromatic nitrogens is 3. The Kier molecular flexibility index (Phi) is 7.45. The van der Waals surface area contributed by atoms with E-state index in [1.54, 1.807) is 4.57 Å². The van der Waals surface area contributed by atoms with Crippen LogP contribution >= 0.6 is 11.8 Å². The average Bonchev–Trinajstić information content (AvgIpc) is 3.33. The number of rotatable bonds is 7. The van der Waals surface area contributed by atoms with E-state index in [-0.39, 0.29) is 54.8 Å². The largest absolute Gasteiger partial charge is 1.00 e. The zero-order chi connectivity index (χ0) is 19.6. The molecule has 2 aliphatic heterocycles. The number of ether oxygens (including phenoxy) is 1. The fraction of sp³-hybridized carbons (Fsp3) is 0.571. The van der Waals surface area contributed by atoms with Gasteiger partial charge >= 0.3 is 35.5 Å². The summed E-state index contributed by atoms with van der Waals surface area (Å²) in [5.74, 6) is -3.87. The summed E-state index contributed by atoms with van der Waals surface area (Å²) < 4.78 is 6.54. The number of carboxylic acids is 1. The zero-order valence-electron chi connectivity index (χ0n) is 15.2. The van der Waals surface area contributed by atoms with E-state index in [1.807, 2.05) is 6.92 Å². The summed E-state index contributed by atoms with van der Waals surface area (Å²) in [5, 5.41) is 22.6. The van der Waals surface area contributed by atoms with Crippen LogP contribution in [0, 0.1) is 0 Å². The molecule has 3 rings (SSSR count). The second kappa shape index (κ2) is 9.22. The molecule has 0 aromatic carbocycles. The summed E-state index contributed by atoms with van der Waals surface area (Å²) in [4.78, 5) is 52.5. The van der Waals surface area contributed by atoms with Crippen LogP contribution in [0.25, 0.3) is 0 Å². The van der Waals surface area contributed by atoms with Crippen LogP contribution in [0.5, 0.6) is 0 Å². The van der Waals surface area contributed by atoms with Crippen molar-refractivity contribution in [3.8, 4) is 0 Å². The molecule has 1 unspecified atom stereocenters. The molecule has 12 nitrogen and oxygen atoms in total. The first-order valence-corrected chi connectivity index (χ1v) is 9.06. The quantitative estimate of drug-likeness (QED) is 0.256. The minimum Gasteiger partial charge on any atom is -0.544 e. The molecular formula is C14H16N5NaO7S. The molecule has 0 aliphatic carbocycles. The molecular weight excluding hydrogens is 405 g/mol. The van der Waals surface area contributed by atoms with Gasteiger partial charge in [0.2, 0.25) is 5.91 Å². The predicted octanol–water partition coefficient (Wildman–Crippen LogP) is -5.56. The van der Waals surface area contributed by atoms with Crippen LogP contribution in [0.2, 0.25) is 0 Å². The monoisotopic (exact) mass is 421 g/mol. The summed E-state index contributed by atoms with van der Waals surface area (Å²) in [6, 6.07) is -1.10. The molecule has 1 aromatic heterocycles. The van der Waals surface area contributed by atoms with Gasteiger partial charge in [-0.25, -0.2) is 0 Å². The van der Waals surface area contributed by atoms with E-state index in [1.165, 1.54) is 6.33 Å². The van der Waals surface area contributed by atoms with Crippen LogP contribution in [0.15, 0.2) is 11.5 Å². The van der Waals surface area contributed by atoms with Gasteiger partial charge in [-0.2, -0.15) is 5.06 Å². The fourth-order valence-corrected chi connectivity index (χ4v) is 3.47. The van der Waals surface area contributed by atoms with Gasteiger partial charge in [-0.3, -0.25) is 19.2 Å². The molecule has 1 aromatic rings. The summed E-state index contributed by atoms with van der Waals surface area (Å²) >= 11 is 1.14. The Bertz CT molecular complexity index is 790. The third-order valence-corrected chi connectivity index (χ3v) is 5.04. The summed E-state index contributed by atoms with van der Waals surface area (Å²) in [6.07, 6.45) is 1.06. The predicted molar refractivity (Wildman–Crippen MR) is 84.2 cm³/mol. The van der Waals surface area contributed by atoms with Gasteiger partial charge in [0, 0.05) is 13.0 Å². The normalized spacial score (nSPS) is 24.0. The number of carbonyl (C=O) groups is 4. The van der Waals surface area contributed by atoms with Gasteiger partial charge in [0.1, 0.15) is 24.9 Å². The number of carboxylic acid groups (broad SMARTS) is 1. The molecule has 2 amide bonds. The number of nitrogens with one attached hydrogen (secondary N) is 1. The van der Waals surface area contributed by atoms with Crippen LogP contribution in [-0.2, 0) is 35.3 Å². The topological polar surface area (TPSA) is 156 Å². The number of thioether (sulfide) groups is 1. The smallest absolute Gasteiger partial charge is 0.544 e. The summed E-state index contributed by atoms with van der Waals surface area (Å²) in [5.41, 5.74) is -2.31. The third kappa shape index (κ3) is 4.33. The van der Waals surface area contributed by atoms with Crippen LogP contribution in [0.4, 0.5) is 0 Å². The summed E-state index contributed by atoms with van der Waals surface area (Å²) in [7, 11) is 0. The number of esters is 1.